The molecule has 0 aliphatic carbocycles. The van der Waals surface area contributed by atoms with E-state index < -0.39 is 12.5 Å². The highest BCUT2D eigenvalue weighted by atomic mass is 32.1. The summed E-state index contributed by atoms with van der Waals surface area (Å²) >= 11 is 1.23. The molecule has 0 spiro atoms. The molecule has 0 atom stereocenters. The summed E-state index contributed by atoms with van der Waals surface area (Å²) in [5.74, 6) is -0.843. The Morgan fingerprint density at radius 3 is 2.57 bits per heavy atom. The molecule has 0 saturated carbocycles. The molecule has 0 unspecified atom stereocenters. The average molecular weight is 431 g/mol. The van der Waals surface area contributed by atoms with Gasteiger partial charge in [-0.1, -0.05) is 36.4 Å². The van der Waals surface area contributed by atoms with Crippen molar-refractivity contribution in [2.24, 2.45) is 0 Å². The number of carbonyl (C=O) groups is 2. The average Bonchev–Trinajstić information content (AvgIpc) is 3.16. The van der Waals surface area contributed by atoms with Crippen molar-refractivity contribution >= 4 is 28.3 Å². The molecule has 0 aliphatic heterocycles. The van der Waals surface area contributed by atoms with Gasteiger partial charge >= 0.3 is 6.61 Å². The first-order chi connectivity index (χ1) is 14.4. The van der Waals surface area contributed by atoms with Crippen LogP contribution in [-0.4, -0.2) is 30.0 Å². The van der Waals surface area contributed by atoms with Crippen molar-refractivity contribution in [1.82, 2.24) is 10.3 Å². The summed E-state index contributed by atoms with van der Waals surface area (Å²) in [6.45, 7) is -0.976. The van der Waals surface area contributed by atoms with Gasteiger partial charge in [0.05, 0.1) is 11.3 Å². The van der Waals surface area contributed by atoms with E-state index in [1.54, 1.807) is 11.4 Å². The van der Waals surface area contributed by atoms with Crippen molar-refractivity contribution in [2.75, 3.05) is 11.9 Å². The molecule has 156 valence electrons. The van der Waals surface area contributed by atoms with Crippen molar-refractivity contribution in [3.05, 3.63) is 65.0 Å². The standard InChI is InChI=1S/C21H19F2N3O3S/c1-13(27)24-11-10-14-6-8-15(9-7-14)17-12-30-21(25-17)26-19(28)16-4-2-3-5-18(16)29-20(22)23/h2-9,12,20H,10-11H2,1H3,(H,24,27)(H,25,26,28). The maximum atomic E-state index is 12.5. The quantitative estimate of drug-likeness (QED) is 0.556. The van der Waals surface area contributed by atoms with Crippen molar-refractivity contribution in [3.63, 3.8) is 0 Å². The SMILES string of the molecule is CC(=O)NCCc1ccc(-c2csc(NC(=O)c3ccccc3OC(F)F)n2)cc1. The summed E-state index contributed by atoms with van der Waals surface area (Å²) in [6.07, 6.45) is 0.721. The van der Waals surface area contributed by atoms with E-state index in [2.05, 4.69) is 20.4 Å². The lowest BCUT2D eigenvalue weighted by Gasteiger charge is -2.09. The number of carbonyl (C=O) groups excluding carboxylic acids is 2. The van der Waals surface area contributed by atoms with Gasteiger partial charge in [0.2, 0.25) is 5.91 Å². The third-order valence-corrected chi connectivity index (χ3v) is 4.87. The number of alkyl halides is 2. The maximum absolute atomic E-state index is 12.5. The third-order valence-electron chi connectivity index (χ3n) is 4.11. The van der Waals surface area contributed by atoms with Gasteiger partial charge in [-0.05, 0) is 24.1 Å². The normalized spacial score (nSPS) is 10.7. The number of thiazole rings is 1. The van der Waals surface area contributed by atoms with Gasteiger partial charge in [-0.3, -0.25) is 14.9 Å². The number of aromatic nitrogens is 1. The second kappa shape index (κ2) is 9.93. The zero-order valence-electron chi connectivity index (χ0n) is 16.0. The minimum absolute atomic E-state index is 0.00178. The van der Waals surface area contributed by atoms with Crippen LogP contribution in [0, 0.1) is 0 Å². The number of amides is 2. The molecule has 0 saturated heterocycles. The highest BCUT2D eigenvalue weighted by molar-refractivity contribution is 7.14. The van der Waals surface area contributed by atoms with E-state index in [4.69, 9.17) is 0 Å². The molecular weight excluding hydrogens is 412 g/mol. The number of anilines is 1. The zero-order chi connectivity index (χ0) is 21.5. The van der Waals surface area contributed by atoms with E-state index in [9.17, 15) is 18.4 Å². The van der Waals surface area contributed by atoms with E-state index >= 15 is 0 Å². The van der Waals surface area contributed by atoms with E-state index in [0.717, 1.165) is 17.5 Å². The van der Waals surface area contributed by atoms with Gasteiger partial charge in [-0.15, -0.1) is 11.3 Å². The minimum atomic E-state index is -3.02. The van der Waals surface area contributed by atoms with Gasteiger partial charge in [-0.2, -0.15) is 8.78 Å². The number of halogens is 2. The van der Waals surface area contributed by atoms with Crippen LogP contribution >= 0.6 is 11.3 Å². The fourth-order valence-corrected chi connectivity index (χ4v) is 3.42. The molecule has 0 radical (unpaired) electrons. The molecule has 1 heterocycles. The summed E-state index contributed by atoms with van der Waals surface area (Å²) < 4.78 is 29.5. The molecule has 3 rings (SSSR count). The Labute approximate surface area is 175 Å². The fourth-order valence-electron chi connectivity index (χ4n) is 2.71. The first-order valence-electron chi connectivity index (χ1n) is 9.07. The number of hydrogen-bond acceptors (Lipinski definition) is 5. The van der Waals surface area contributed by atoms with Gasteiger partial charge in [0.15, 0.2) is 5.13 Å². The zero-order valence-corrected chi connectivity index (χ0v) is 16.8. The number of benzene rings is 2. The Bertz CT molecular complexity index is 1020. The van der Waals surface area contributed by atoms with Crippen LogP contribution in [0.25, 0.3) is 11.3 Å². The van der Waals surface area contributed by atoms with Crippen LogP contribution in [0.5, 0.6) is 5.75 Å². The molecule has 1 aromatic heterocycles. The molecule has 6 nitrogen and oxygen atoms in total. The van der Waals surface area contributed by atoms with Crippen LogP contribution in [0.1, 0.15) is 22.8 Å². The second-order valence-electron chi connectivity index (χ2n) is 6.30. The predicted octanol–water partition coefficient (Wildman–Crippen LogP) is 4.34. The van der Waals surface area contributed by atoms with Crippen LogP contribution in [0.2, 0.25) is 0 Å². The number of nitrogens with one attached hydrogen (secondary N) is 2. The summed E-state index contributed by atoms with van der Waals surface area (Å²) in [5, 5.41) is 7.50. The molecule has 9 heteroatoms. The highest BCUT2D eigenvalue weighted by Gasteiger charge is 2.17. The Morgan fingerprint density at radius 2 is 1.87 bits per heavy atom. The van der Waals surface area contributed by atoms with Gasteiger partial charge in [0.25, 0.3) is 5.91 Å². The van der Waals surface area contributed by atoms with Crippen LogP contribution in [-0.2, 0) is 11.2 Å². The van der Waals surface area contributed by atoms with Crippen LogP contribution in [0.3, 0.4) is 0 Å². The number of hydrogen-bond donors (Lipinski definition) is 2. The lowest BCUT2D eigenvalue weighted by atomic mass is 10.1. The summed E-state index contributed by atoms with van der Waals surface area (Å²) in [7, 11) is 0. The highest BCUT2D eigenvalue weighted by Crippen LogP contribution is 2.27. The molecule has 3 aromatic rings. The third kappa shape index (κ3) is 5.84. The van der Waals surface area contributed by atoms with Crippen molar-refractivity contribution in [2.45, 2.75) is 20.0 Å². The topological polar surface area (TPSA) is 80.3 Å². The Balaban J connectivity index is 1.65. The van der Waals surface area contributed by atoms with E-state index in [1.165, 1.54) is 36.5 Å². The predicted molar refractivity (Wildman–Crippen MR) is 111 cm³/mol. The minimum Gasteiger partial charge on any atom is -0.434 e. The van der Waals surface area contributed by atoms with E-state index in [1.807, 2.05) is 24.3 Å². The van der Waals surface area contributed by atoms with Crippen molar-refractivity contribution < 1.29 is 23.1 Å². The van der Waals surface area contributed by atoms with Crippen LogP contribution in [0.15, 0.2) is 53.9 Å². The molecule has 0 aliphatic rings. The molecule has 2 N–H and O–H groups in total. The smallest absolute Gasteiger partial charge is 0.387 e. The lowest BCUT2D eigenvalue weighted by molar-refractivity contribution is -0.118. The van der Waals surface area contributed by atoms with E-state index in [0.29, 0.717) is 17.4 Å². The molecule has 0 bridgehead atoms. The fraction of sp³-hybridized carbons (Fsp3) is 0.190. The van der Waals surface area contributed by atoms with Crippen LogP contribution in [0.4, 0.5) is 13.9 Å². The Morgan fingerprint density at radius 1 is 1.13 bits per heavy atom. The van der Waals surface area contributed by atoms with Crippen molar-refractivity contribution in [1.29, 1.82) is 0 Å². The molecule has 0 fully saturated rings. The number of rotatable bonds is 8. The van der Waals surface area contributed by atoms with Gasteiger partial charge < -0.3 is 10.1 Å². The van der Waals surface area contributed by atoms with E-state index in [-0.39, 0.29) is 17.2 Å². The first kappa shape index (κ1) is 21.4. The summed E-state index contributed by atoms with van der Waals surface area (Å²) in [4.78, 5) is 27.8. The monoisotopic (exact) mass is 431 g/mol. The number of ether oxygens (including phenoxy) is 1. The summed E-state index contributed by atoms with van der Waals surface area (Å²) in [5.41, 5.74) is 2.63. The number of nitrogens with zero attached hydrogens (tertiary/aromatic N) is 1. The van der Waals surface area contributed by atoms with Gasteiger partial charge in [0.1, 0.15) is 5.75 Å². The summed E-state index contributed by atoms with van der Waals surface area (Å²) in [6, 6.07) is 13.5. The Kier molecular flexibility index (Phi) is 7.08. The lowest BCUT2D eigenvalue weighted by Crippen LogP contribution is -2.22. The molecule has 30 heavy (non-hydrogen) atoms. The van der Waals surface area contributed by atoms with Gasteiger partial charge in [-0.25, -0.2) is 4.98 Å². The molecule has 2 amide bonds. The Hall–Kier alpha value is -3.33. The maximum Gasteiger partial charge on any atom is 0.387 e. The molecular formula is C21H19F2N3O3S. The first-order valence-corrected chi connectivity index (χ1v) is 9.95. The van der Waals surface area contributed by atoms with Gasteiger partial charge in [0, 0.05) is 24.4 Å². The second-order valence-corrected chi connectivity index (χ2v) is 7.15. The number of para-hydroxylation sites is 1. The largest absolute Gasteiger partial charge is 0.434 e. The molecule has 2 aromatic carbocycles. The van der Waals surface area contributed by atoms with Crippen molar-refractivity contribution in [3.8, 4) is 17.0 Å². The van der Waals surface area contributed by atoms with Crippen LogP contribution < -0.4 is 15.4 Å².